The fraction of sp³-hybridized carbons (Fsp3) is 0.231. The van der Waals surface area contributed by atoms with Gasteiger partial charge in [0.25, 0.3) is 5.91 Å². The molecule has 3 N–H and O–H groups in total. The molecule has 18 heavy (non-hydrogen) atoms. The fourth-order valence-corrected chi connectivity index (χ4v) is 2.38. The number of nitrogens with two attached hydrogens (primary N) is 1. The number of benzene rings is 1. The van der Waals surface area contributed by atoms with Crippen LogP contribution in [0.5, 0.6) is 0 Å². The van der Waals surface area contributed by atoms with Gasteiger partial charge in [0, 0.05) is 29.7 Å². The van der Waals surface area contributed by atoms with Crippen molar-refractivity contribution in [2.24, 2.45) is 0 Å². The van der Waals surface area contributed by atoms with E-state index in [4.69, 9.17) is 5.73 Å². The lowest BCUT2D eigenvalue weighted by atomic mass is 10.1. The summed E-state index contributed by atoms with van der Waals surface area (Å²) in [5.74, 6) is -0.138. The molecule has 0 bridgehead atoms. The highest BCUT2D eigenvalue weighted by atomic mass is 32.1. The van der Waals surface area contributed by atoms with Crippen LogP contribution < -0.4 is 11.1 Å². The van der Waals surface area contributed by atoms with Crippen LogP contribution in [0.25, 0.3) is 0 Å². The topological polar surface area (TPSA) is 68.0 Å². The highest BCUT2D eigenvalue weighted by Gasteiger charge is 2.08. The van der Waals surface area contributed by atoms with E-state index in [0.717, 1.165) is 17.1 Å². The molecule has 4 nitrogen and oxygen atoms in total. The van der Waals surface area contributed by atoms with Crippen molar-refractivity contribution in [3.05, 3.63) is 45.9 Å². The largest absolute Gasteiger partial charge is 0.398 e. The molecule has 1 aromatic carbocycles. The number of rotatable bonds is 4. The summed E-state index contributed by atoms with van der Waals surface area (Å²) >= 11 is 1.61. The van der Waals surface area contributed by atoms with E-state index in [0.29, 0.717) is 17.8 Å². The normalized spacial score (nSPS) is 10.3. The lowest BCUT2D eigenvalue weighted by Crippen LogP contribution is -2.26. The Kier molecular flexibility index (Phi) is 3.94. The molecule has 1 amide bonds. The molecule has 0 aliphatic rings. The molecule has 5 heteroatoms. The second kappa shape index (κ2) is 5.64. The van der Waals surface area contributed by atoms with Crippen LogP contribution in [0.2, 0.25) is 0 Å². The van der Waals surface area contributed by atoms with E-state index in [-0.39, 0.29) is 5.91 Å². The maximum Gasteiger partial charge on any atom is 0.253 e. The number of nitrogens with one attached hydrogen (secondary N) is 1. The van der Waals surface area contributed by atoms with Gasteiger partial charge < -0.3 is 11.1 Å². The molecule has 0 unspecified atom stereocenters. The number of carbonyl (C=O) groups excluding carboxylic acids is 1. The molecule has 94 valence electrons. The molecule has 1 heterocycles. The Morgan fingerprint density at radius 3 is 2.89 bits per heavy atom. The number of amides is 1. The summed E-state index contributed by atoms with van der Waals surface area (Å²) in [6.45, 7) is 2.53. The Bertz CT molecular complexity index is 551. The van der Waals surface area contributed by atoms with Crippen molar-refractivity contribution in [2.75, 3.05) is 12.3 Å². The number of aryl methyl sites for hydroxylation is 1. The van der Waals surface area contributed by atoms with E-state index < -0.39 is 0 Å². The minimum Gasteiger partial charge on any atom is -0.398 e. The number of anilines is 1. The fourth-order valence-electron chi connectivity index (χ4n) is 1.60. The number of para-hydroxylation sites is 1. The maximum atomic E-state index is 11.9. The molecular weight excluding hydrogens is 246 g/mol. The summed E-state index contributed by atoms with van der Waals surface area (Å²) in [5, 5.41) is 5.89. The number of hydrogen-bond acceptors (Lipinski definition) is 4. The minimum atomic E-state index is -0.138. The van der Waals surface area contributed by atoms with Crippen LogP contribution in [0.15, 0.2) is 29.6 Å². The number of nitrogen functional groups attached to an aromatic ring is 1. The zero-order chi connectivity index (χ0) is 13.0. The molecule has 0 aliphatic heterocycles. The van der Waals surface area contributed by atoms with Crippen LogP contribution in [0.3, 0.4) is 0 Å². The van der Waals surface area contributed by atoms with Crippen molar-refractivity contribution in [1.82, 2.24) is 10.3 Å². The quantitative estimate of drug-likeness (QED) is 0.827. The van der Waals surface area contributed by atoms with Crippen molar-refractivity contribution in [3.8, 4) is 0 Å². The summed E-state index contributed by atoms with van der Waals surface area (Å²) < 4.78 is 0. The molecule has 0 radical (unpaired) electrons. The molecule has 1 aromatic heterocycles. The van der Waals surface area contributed by atoms with Gasteiger partial charge in [-0.05, 0) is 19.1 Å². The van der Waals surface area contributed by atoms with E-state index >= 15 is 0 Å². The second-order valence-electron chi connectivity index (χ2n) is 3.98. The van der Waals surface area contributed by atoms with Crippen LogP contribution >= 0.6 is 11.3 Å². The van der Waals surface area contributed by atoms with E-state index in [9.17, 15) is 4.79 Å². The van der Waals surface area contributed by atoms with Gasteiger partial charge in [-0.1, -0.05) is 12.1 Å². The van der Waals surface area contributed by atoms with Crippen LogP contribution in [0, 0.1) is 6.92 Å². The van der Waals surface area contributed by atoms with Crippen molar-refractivity contribution in [1.29, 1.82) is 0 Å². The Labute approximate surface area is 110 Å². The van der Waals surface area contributed by atoms with Gasteiger partial charge in [0.1, 0.15) is 0 Å². The lowest BCUT2D eigenvalue weighted by Gasteiger charge is -2.06. The molecule has 2 rings (SSSR count). The van der Waals surface area contributed by atoms with Gasteiger partial charge in [-0.2, -0.15) is 0 Å². The molecular formula is C13H15N3OS. The van der Waals surface area contributed by atoms with E-state index in [1.807, 2.05) is 18.4 Å². The third-order valence-electron chi connectivity index (χ3n) is 2.50. The molecule has 2 aromatic rings. The maximum absolute atomic E-state index is 11.9. The number of aromatic nitrogens is 1. The third kappa shape index (κ3) is 3.07. The zero-order valence-corrected chi connectivity index (χ0v) is 11.0. The lowest BCUT2D eigenvalue weighted by molar-refractivity contribution is 0.0955. The summed E-state index contributed by atoms with van der Waals surface area (Å²) in [4.78, 5) is 16.2. The van der Waals surface area contributed by atoms with Gasteiger partial charge in [-0.25, -0.2) is 4.98 Å². The predicted octanol–water partition coefficient (Wildman–Crippen LogP) is 2.01. The molecule has 0 aliphatic carbocycles. The Balaban J connectivity index is 1.87. The predicted molar refractivity (Wildman–Crippen MR) is 73.7 cm³/mol. The molecule has 0 spiro atoms. The van der Waals surface area contributed by atoms with E-state index in [2.05, 4.69) is 10.3 Å². The summed E-state index contributed by atoms with van der Waals surface area (Å²) in [5.41, 5.74) is 7.78. The van der Waals surface area contributed by atoms with Crippen LogP contribution in [0.1, 0.15) is 21.1 Å². The smallest absolute Gasteiger partial charge is 0.253 e. The Morgan fingerprint density at radius 1 is 1.44 bits per heavy atom. The number of hydrogen-bond donors (Lipinski definition) is 2. The zero-order valence-electron chi connectivity index (χ0n) is 10.1. The highest BCUT2D eigenvalue weighted by Crippen LogP contribution is 2.11. The summed E-state index contributed by atoms with van der Waals surface area (Å²) in [7, 11) is 0. The number of carbonyl (C=O) groups is 1. The van der Waals surface area contributed by atoms with Crippen molar-refractivity contribution >= 4 is 22.9 Å². The Morgan fingerprint density at radius 2 is 2.22 bits per heavy atom. The first-order chi connectivity index (χ1) is 8.66. The van der Waals surface area contributed by atoms with Crippen molar-refractivity contribution in [3.63, 3.8) is 0 Å². The first kappa shape index (κ1) is 12.6. The average Bonchev–Trinajstić information content (AvgIpc) is 2.75. The highest BCUT2D eigenvalue weighted by molar-refractivity contribution is 7.09. The van der Waals surface area contributed by atoms with Gasteiger partial charge in [-0.15, -0.1) is 11.3 Å². The number of thiazole rings is 1. The van der Waals surface area contributed by atoms with Gasteiger partial charge >= 0.3 is 0 Å². The van der Waals surface area contributed by atoms with Gasteiger partial charge in [-0.3, -0.25) is 4.79 Å². The van der Waals surface area contributed by atoms with E-state index in [1.165, 1.54) is 0 Å². The van der Waals surface area contributed by atoms with Crippen LogP contribution in [0.4, 0.5) is 5.69 Å². The number of nitrogens with zero attached hydrogens (tertiary/aromatic N) is 1. The third-order valence-corrected chi connectivity index (χ3v) is 3.52. The summed E-state index contributed by atoms with van der Waals surface area (Å²) in [6.07, 6.45) is 0.747. The molecule has 0 saturated carbocycles. The van der Waals surface area contributed by atoms with Crippen LogP contribution in [-0.4, -0.2) is 17.4 Å². The standard InChI is InChI=1S/C13H15N3OS/c1-9-8-18-12(16-9)6-7-15-13(17)10-4-2-3-5-11(10)14/h2-5,8H,6-7,14H2,1H3,(H,15,17). The van der Waals surface area contributed by atoms with Gasteiger partial charge in [0.05, 0.1) is 10.6 Å². The average molecular weight is 261 g/mol. The molecule has 0 saturated heterocycles. The molecule has 0 atom stereocenters. The minimum absolute atomic E-state index is 0.138. The second-order valence-corrected chi connectivity index (χ2v) is 4.92. The first-order valence-corrected chi connectivity index (χ1v) is 6.58. The summed E-state index contributed by atoms with van der Waals surface area (Å²) in [6, 6.07) is 7.05. The monoisotopic (exact) mass is 261 g/mol. The first-order valence-electron chi connectivity index (χ1n) is 5.70. The van der Waals surface area contributed by atoms with Crippen LogP contribution in [-0.2, 0) is 6.42 Å². The Hall–Kier alpha value is -1.88. The van der Waals surface area contributed by atoms with Crippen molar-refractivity contribution in [2.45, 2.75) is 13.3 Å². The van der Waals surface area contributed by atoms with E-state index in [1.54, 1.807) is 29.5 Å². The molecule has 0 fully saturated rings. The van der Waals surface area contributed by atoms with Crippen molar-refractivity contribution < 1.29 is 4.79 Å². The van der Waals surface area contributed by atoms with Gasteiger partial charge in [0.2, 0.25) is 0 Å². The van der Waals surface area contributed by atoms with Gasteiger partial charge in [0.15, 0.2) is 0 Å². The SMILES string of the molecule is Cc1csc(CCNC(=O)c2ccccc2N)n1.